The molecule has 20 heavy (non-hydrogen) atoms. The molecule has 0 aliphatic heterocycles. The van der Waals surface area contributed by atoms with E-state index in [0.29, 0.717) is 6.54 Å². The van der Waals surface area contributed by atoms with Crippen molar-refractivity contribution in [2.45, 2.75) is 13.5 Å². The summed E-state index contributed by atoms with van der Waals surface area (Å²) in [5, 5.41) is 5.17. The molecule has 0 aromatic carbocycles. The summed E-state index contributed by atoms with van der Waals surface area (Å²) in [6, 6.07) is 1.80. The molecule has 3 heterocycles. The first-order chi connectivity index (χ1) is 9.65. The van der Waals surface area contributed by atoms with E-state index < -0.39 is 0 Å². The normalized spacial score (nSPS) is 10.9. The Hall–Kier alpha value is -2.57. The van der Waals surface area contributed by atoms with Gasteiger partial charge in [-0.25, -0.2) is 19.9 Å². The molecule has 7 nitrogen and oxygen atoms in total. The highest BCUT2D eigenvalue weighted by Crippen LogP contribution is 2.23. The third-order valence-corrected chi connectivity index (χ3v) is 3.04. The van der Waals surface area contributed by atoms with E-state index in [1.54, 1.807) is 29.3 Å². The van der Waals surface area contributed by atoms with Crippen LogP contribution in [0.5, 0.6) is 0 Å². The van der Waals surface area contributed by atoms with Gasteiger partial charge >= 0.3 is 0 Å². The minimum atomic E-state index is 0.585. The number of fused-ring (bicyclic) bond motifs is 1. The second-order valence-corrected chi connectivity index (χ2v) is 4.62. The van der Waals surface area contributed by atoms with E-state index >= 15 is 0 Å². The van der Waals surface area contributed by atoms with Gasteiger partial charge in [0.15, 0.2) is 5.65 Å². The first kappa shape index (κ1) is 12.5. The summed E-state index contributed by atoms with van der Waals surface area (Å²) >= 11 is 0. The molecule has 3 aromatic heterocycles. The fourth-order valence-corrected chi connectivity index (χ4v) is 2.10. The van der Waals surface area contributed by atoms with E-state index in [1.165, 1.54) is 0 Å². The lowest BCUT2D eigenvalue weighted by molar-refractivity contribution is 0.781. The van der Waals surface area contributed by atoms with E-state index in [2.05, 4.69) is 25.0 Å². The fraction of sp³-hybridized carbons (Fsp3) is 0.308. The molecule has 102 valence electrons. The molecule has 0 aliphatic carbocycles. The Bertz CT molecular complexity index is 735. The molecule has 0 radical (unpaired) electrons. The van der Waals surface area contributed by atoms with Crippen molar-refractivity contribution in [3.8, 4) is 0 Å². The largest absolute Gasteiger partial charge is 0.351 e. The van der Waals surface area contributed by atoms with Crippen LogP contribution in [0.2, 0.25) is 0 Å². The minimum absolute atomic E-state index is 0.585. The first-order valence-corrected chi connectivity index (χ1v) is 6.28. The molecule has 0 atom stereocenters. The van der Waals surface area contributed by atoms with Crippen LogP contribution in [-0.4, -0.2) is 36.8 Å². The third-order valence-electron chi connectivity index (χ3n) is 3.04. The molecule has 0 spiro atoms. The number of aromatic nitrogens is 6. The summed E-state index contributed by atoms with van der Waals surface area (Å²) < 4.78 is 1.75. The van der Waals surface area contributed by atoms with Gasteiger partial charge in [-0.1, -0.05) is 0 Å². The lowest BCUT2D eigenvalue weighted by Crippen LogP contribution is -2.20. The van der Waals surface area contributed by atoms with Crippen molar-refractivity contribution in [1.82, 2.24) is 29.7 Å². The van der Waals surface area contributed by atoms with Crippen LogP contribution < -0.4 is 4.90 Å². The summed E-state index contributed by atoms with van der Waals surface area (Å²) in [4.78, 5) is 19.4. The number of hydrogen-bond acceptors (Lipinski definition) is 6. The van der Waals surface area contributed by atoms with Crippen molar-refractivity contribution in [3.63, 3.8) is 0 Å². The summed E-state index contributed by atoms with van der Waals surface area (Å²) in [6.07, 6.45) is 5.26. The van der Waals surface area contributed by atoms with Crippen molar-refractivity contribution >= 4 is 16.9 Å². The molecule has 7 heteroatoms. The average Bonchev–Trinajstić information content (AvgIpc) is 2.81. The monoisotopic (exact) mass is 269 g/mol. The molecule has 0 saturated carbocycles. The summed E-state index contributed by atoms with van der Waals surface area (Å²) in [5.41, 5.74) is 0.827. The summed E-state index contributed by atoms with van der Waals surface area (Å²) in [5.74, 6) is 2.31. The van der Waals surface area contributed by atoms with Crippen molar-refractivity contribution in [2.75, 3.05) is 11.9 Å². The summed E-state index contributed by atoms with van der Waals surface area (Å²) in [7, 11) is 3.84. The van der Waals surface area contributed by atoms with E-state index in [9.17, 15) is 0 Å². The number of rotatable bonds is 3. The van der Waals surface area contributed by atoms with Gasteiger partial charge in [0.05, 0.1) is 18.1 Å². The van der Waals surface area contributed by atoms with Gasteiger partial charge in [-0.3, -0.25) is 4.68 Å². The van der Waals surface area contributed by atoms with Gasteiger partial charge in [0.2, 0.25) is 0 Å². The molecule has 3 aromatic rings. The first-order valence-electron chi connectivity index (χ1n) is 6.28. The molecule has 0 unspecified atom stereocenters. The van der Waals surface area contributed by atoms with Gasteiger partial charge in [-0.2, -0.15) is 5.10 Å². The van der Waals surface area contributed by atoms with Gasteiger partial charge < -0.3 is 4.90 Å². The lowest BCUT2D eigenvalue weighted by Gasteiger charge is -2.18. The van der Waals surface area contributed by atoms with Crippen LogP contribution in [0.25, 0.3) is 11.0 Å². The predicted molar refractivity (Wildman–Crippen MR) is 75.2 cm³/mol. The fourth-order valence-electron chi connectivity index (χ4n) is 2.10. The van der Waals surface area contributed by atoms with Gasteiger partial charge in [0.1, 0.15) is 17.5 Å². The molecule has 3 rings (SSSR count). The zero-order valence-corrected chi connectivity index (χ0v) is 11.6. The van der Waals surface area contributed by atoms with Crippen LogP contribution in [0.1, 0.15) is 11.6 Å². The molecule has 0 aliphatic rings. The number of nitrogens with zero attached hydrogens (tertiary/aromatic N) is 7. The van der Waals surface area contributed by atoms with Crippen molar-refractivity contribution in [3.05, 3.63) is 36.3 Å². The molecule has 0 fully saturated rings. The topological polar surface area (TPSA) is 72.6 Å². The second kappa shape index (κ2) is 4.84. The average molecular weight is 269 g/mol. The van der Waals surface area contributed by atoms with Crippen LogP contribution in [0.15, 0.2) is 24.7 Å². The quantitative estimate of drug-likeness (QED) is 0.709. The Balaban J connectivity index is 2.01. The van der Waals surface area contributed by atoms with Gasteiger partial charge in [0.25, 0.3) is 0 Å². The standard InChI is InChI=1S/C13H15N7/c1-9-17-12(10-7-16-20(3)13(10)18-9)19(2)8-11-14-5-4-6-15-11/h4-7H,8H2,1-3H3. The Morgan fingerprint density at radius 1 is 1.20 bits per heavy atom. The molecular weight excluding hydrogens is 254 g/mol. The van der Waals surface area contributed by atoms with Crippen LogP contribution in [0.3, 0.4) is 0 Å². The van der Waals surface area contributed by atoms with Crippen molar-refractivity contribution in [1.29, 1.82) is 0 Å². The van der Waals surface area contributed by atoms with Crippen molar-refractivity contribution in [2.24, 2.45) is 7.05 Å². The number of anilines is 1. The minimum Gasteiger partial charge on any atom is -0.351 e. The zero-order chi connectivity index (χ0) is 14.1. The molecular formula is C13H15N7. The highest BCUT2D eigenvalue weighted by molar-refractivity contribution is 5.86. The third kappa shape index (κ3) is 2.18. The van der Waals surface area contributed by atoms with E-state index in [-0.39, 0.29) is 0 Å². The highest BCUT2D eigenvalue weighted by atomic mass is 15.3. The van der Waals surface area contributed by atoms with Crippen LogP contribution in [0.4, 0.5) is 5.82 Å². The Labute approximate surface area is 116 Å². The SMILES string of the molecule is Cc1nc(N(C)Cc2ncccn2)c2cnn(C)c2n1. The maximum atomic E-state index is 4.52. The molecule has 0 N–H and O–H groups in total. The smallest absolute Gasteiger partial charge is 0.163 e. The van der Waals surface area contributed by atoms with Gasteiger partial charge in [-0.15, -0.1) is 0 Å². The van der Waals surface area contributed by atoms with Crippen LogP contribution >= 0.6 is 0 Å². The van der Waals surface area contributed by atoms with E-state index in [0.717, 1.165) is 28.5 Å². The van der Waals surface area contributed by atoms with E-state index in [4.69, 9.17) is 0 Å². The molecule has 0 bridgehead atoms. The van der Waals surface area contributed by atoms with Crippen LogP contribution in [0, 0.1) is 6.92 Å². The van der Waals surface area contributed by atoms with Crippen molar-refractivity contribution < 1.29 is 0 Å². The maximum absolute atomic E-state index is 4.52. The van der Waals surface area contributed by atoms with Crippen LogP contribution in [-0.2, 0) is 13.6 Å². The zero-order valence-electron chi connectivity index (χ0n) is 11.6. The van der Waals surface area contributed by atoms with Gasteiger partial charge in [0, 0.05) is 26.5 Å². The predicted octanol–water partition coefficient (Wildman–Crippen LogP) is 1.10. The Morgan fingerprint density at radius 2 is 1.95 bits per heavy atom. The molecule has 0 amide bonds. The second-order valence-electron chi connectivity index (χ2n) is 4.62. The molecule has 0 saturated heterocycles. The Kier molecular flexibility index (Phi) is 3.02. The lowest BCUT2D eigenvalue weighted by atomic mass is 10.3. The van der Waals surface area contributed by atoms with Gasteiger partial charge in [-0.05, 0) is 13.0 Å². The Morgan fingerprint density at radius 3 is 2.70 bits per heavy atom. The highest BCUT2D eigenvalue weighted by Gasteiger charge is 2.14. The number of hydrogen-bond donors (Lipinski definition) is 0. The van der Waals surface area contributed by atoms with E-state index in [1.807, 2.05) is 25.9 Å². The number of aryl methyl sites for hydroxylation is 2. The summed E-state index contributed by atoms with van der Waals surface area (Å²) in [6.45, 7) is 2.46. The maximum Gasteiger partial charge on any atom is 0.163 e.